The summed E-state index contributed by atoms with van der Waals surface area (Å²) in [5.41, 5.74) is 7.38. The van der Waals surface area contributed by atoms with Gasteiger partial charge in [-0.15, -0.1) is 0 Å². The van der Waals surface area contributed by atoms with Crippen LogP contribution in [0.3, 0.4) is 0 Å². The molecule has 0 unspecified atom stereocenters. The quantitative estimate of drug-likeness (QED) is 0.917. The van der Waals surface area contributed by atoms with Crippen molar-refractivity contribution < 1.29 is 4.79 Å². The highest BCUT2D eigenvalue weighted by atomic mass is 79.9. The van der Waals surface area contributed by atoms with Gasteiger partial charge in [-0.25, -0.2) is 9.67 Å². The van der Waals surface area contributed by atoms with E-state index >= 15 is 0 Å². The maximum atomic E-state index is 11.3. The van der Waals surface area contributed by atoms with Crippen LogP contribution in [0.2, 0.25) is 0 Å². The lowest BCUT2D eigenvalue weighted by atomic mass is 10.2. The smallest absolute Gasteiger partial charge is 0.252 e. The third-order valence-corrected chi connectivity index (χ3v) is 3.60. The van der Waals surface area contributed by atoms with E-state index in [1.165, 1.54) is 0 Å². The maximum absolute atomic E-state index is 11.3. The van der Waals surface area contributed by atoms with Gasteiger partial charge in [-0.1, -0.05) is 0 Å². The lowest BCUT2D eigenvalue weighted by Crippen LogP contribution is -2.16. The number of amides is 1. The van der Waals surface area contributed by atoms with Crippen LogP contribution in [0, 0.1) is 13.8 Å². The second-order valence-electron chi connectivity index (χ2n) is 3.64. The highest BCUT2D eigenvalue weighted by molar-refractivity contribution is 9.10. The van der Waals surface area contributed by atoms with Crippen molar-refractivity contribution in [3.05, 3.63) is 39.8 Å². The first-order chi connectivity index (χ1) is 8.02. The van der Waals surface area contributed by atoms with Gasteiger partial charge >= 0.3 is 0 Å². The van der Waals surface area contributed by atoms with Gasteiger partial charge in [0.05, 0.1) is 21.4 Å². The van der Waals surface area contributed by atoms with Crippen molar-refractivity contribution in [2.75, 3.05) is 0 Å². The summed E-state index contributed by atoms with van der Waals surface area (Å²) in [5, 5.41) is 4.32. The summed E-state index contributed by atoms with van der Waals surface area (Å²) in [5.74, 6) is -0.0666. The van der Waals surface area contributed by atoms with Gasteiger partial charge in [-0.2, -0.15) is 5.10 Å². The molecule has 2 N–H and O–H groups in total. The predicted molar refractivity (Wildman–Crippen MR) is 67.1 cm³/mol. The van der Waals surface area contributed by atoms with E-state index in [-0.39, 0.29) is 0 Å². The van der Waals surface area contributed by atoms with E-state index in [4.69, 9.17) is 5.73 Å². The van der Waals surface area contributed by atoms with Gasteiger partial charge in [0.15, 0.2) is 5.82 Å². The van der Waals surface area contributed by atoms with Gasteiger partial charge in [0.25, 0.3) is 5.91 Å². The first-order valence-electron chi connectivity index (χ1n) is 4.99. The molecule has 17 heavy (non-hydrogen) atoms. The molecule has 2 aromatic heterocycles. The zero-order valence-corrected chi connectivity index (χ0v) is 11.0. The van der Waals surface area contributed by atoms with Gasteiger partial charge in [-0.3, -0.25) is 4.79 Å². The fourth-order valence-electron chi connectivity index (χ4n) is 1.59. The Kier molecular flexibility index (Phi) is 2.97. The molecule has 88 valence electrons. The number of rotatable bonds is 2. The normalized spacial score (nSPS) is 10.5. The monoisotopic (exact) mass is 294 g/mol. The molecule has 2 rings (SSSR count). The third-order valence-electron chi connectivity index (χ3n) is 2.46. The second kappa shape index (κ2) is 4.29. The van der Waals surface area contributed by atoms with E-state index in [1.54, 1.807) is 23.0 Å². The molecule has 2 aromatic rings. The molecular weight excluding hydrogens is 284 g/mol. The lowest BCUT2D eigenvalue weighted by Gasteiger charge is -2.06. The number of hydrogen-bond donors (Lipinski definition) is 1. The molecule has 6 heteroatoms. The lowest BCUT2D eigenvalue weighted by molar-refractivity contribution is 0.1000. The molecule has 0 saturated carbocycles. The van der Waals surface area contributed by atoms with Gasteiger partial charge in [-0.05, 0) is 41.9 Å². The Morgan fingerprint density at radius 1 is 1.47 bits per heavy atom. The number of hydrogen-bond acceptors (Lipinski definition) is 3. The molecular formula is C11H11BrN4O. The Morgan fingerprint density at radius 3 is 2.71 bits per heavy atom. The second-order valence-corrected chi connectivity index (χ2v) is 4.43. The number of pyridine rings is 1. The molecule has 0 fully saturated rings. The minimum absolute atomic E-state index is 0.352. The van der Waals surface area contributed by atoms with E-state index in [9.17, 15) is 4.79 Å². The maximum Gasteiger partial charge on any atom is 0.252 e. The molecule has 5 nitrogen and oxygen atoms in total. The van der Waals surface area contributed by atoms with E-state index in [0.717, 1.165) is 15.9 Å². The van der Waals surface area contributed by atoms with Crippen molar-refractivity contribution in [3.8, 4) is 5.82 Å². The van der Waals surface area contributed by atoms with Crippen LogP contribution in [0.1, 0.15) is 21.7 Å². The largest absolute Gasteiger partial charge is 0.365 e. The van der Waals surface area contributed by atoms with E-state index in [2.05, 4.69) is 26.0 Å². The number of halogens is 1. The SMILES string of the molecule is Cc1nn(-c2ncccc2C(N)=O)c(C)c1Br. The average Bonchev–Trinajstić information content (AvgIpc) is 2.57. The van der Waals surface area contributed by atoms with Gasteiger partial charge in [0.1, 0.15) is 0 Å². The Hall–Kier alpha value is -1.69. The van der Waals surface area contributed by atoms with Crippen molar-refractivity contribution in [1.29, 1.82) is 0 Å². The van der Waals surface area contributed by atoms with Crippen LogP contribution in [-0.2, 0) is 0 Å². The Balaban J connectivity index is 2.68. The van der Waals surface area contributed by atoms with Crippen LogP contribution in [-0.4, -0.2) is 20.7 Å². The van der Waals surface area contributed by atoms with Gasteiger partial charge in [0, 0.05) is 6.20 Å². The Bertz CT molecular complexity index is 591. The number of aryl methyl sites for hydroxylation is 1. The molecule has 2 heterocycles. The van der Waals surface area contributed by atoms with Crippen molar-refractivity contribution in [3.63, 3.8) is 0 Å². The molecule has 0 radical (unpaired) electrons. The first-order valence-corrected chi connectivity index (χ1v) is 5.78. The van der Waals surface area contributed by atoms with Crippen molar-refractivity contribution in [2.24, 2.45) is 5.73 Å². The Morgan fingerprint density at radius 2 is 2.18 bits per heavy atom. The highest BCUT2D eigenvalue weighted by Gasteiger charge is 2.16. The van der Waals surface area contributed by atoms with Gasteiger partial charge in [0.2, 0.25) is 0 Å². The summed E-state index contributed by atoms with van der Waals surface area (Å²) in [6, 6.07) is 3.30. The fraction of sp³-hybridized carbons (Fsp3) is 0.182. The predicted octanol–water partition coefficient (Wildman–Crippen LogP) is 1.75. The number of aromatic nitrogens is 3. The molecule has 0 aliphatic rings. The van der Waals surface area contributed by atoms with Crippen LogP contribution >= 0.6 is 15.9 Å². The van der Waals surface area contributed by atoms with Crippen LogP contribution in [0.25, 0.3) is 5.82 Å². The van der Waals surface area contributed by atoms with Crippen molar-refractivity contribution in [2.45, 2.75) is 13.8 Å². The fourth-order valence-corrected chi connectivity index (χ4v) is 1.84. The summed E-state index contributed by atoms with van der Waals surface area (Å²) in [4.78, 5) is 15.5. The zero-order chi connectivity index (χ0) is 12.6. The topological polar surface area (TPSA) is 73.8 Å². The summed E-state index contributed by atoms with van der Waals surface area (Å²) >= 11 is 3.43. The first kappa shape index (κ1) is 11.8. The standard InChI is InChI=1S/C11H11BrN4O/c1-6-9(12)7(2)16(15-6)11-8(10(13)17)4-3-5-14-11/h3-5H,1-2H3,(H2,13,17). The molecule has 0 atom stereocenters. The summed E-state index contributed by atoms with van der Waals surface area (Å²) in [6.45, 7) is 3.77. The summed E-state index contributed by atoms with van der Waals surface area (Å²) < 4.78 is 2.51. The molecule has 0 spiro atoms. The van der Waals surface area contributed by atoms with Crippen LogP contribution in [0.5, 0.6) is 0 Å². The molecule has 0 aliphatic heterocycles. The molecule has 0 saturated heterocycles. The average molecular weight is 295 g/mol. The van der Waals surface area contributed by atoms with Crippen LogP contribution in [0.4, 0.5) is 0 Å². The third kappa shape index (κ3) is 1.95. The van der Waals surface area contributed by atoms with E-state index < -0.39 is 5.91 Å². The molecule has 1 amide bonds. The number of carbonyl (C=O) groups is 1. The number of nitrogens with zero attached hydrogens (tertiary/aromatic N) is 3. The summed E-state index contributed by atoms with van der Waals surface area (Å²) in [6.07, 6.45) is 1.60. The van der Waals surface area contributed by atoms with Crippen molar-refractivity contribution >= 4 is 21.8 Å². The van der Waals surface area contributed by atoms with Crippen LogP contribution in [0.15, 0.2) is 22.8 Å². The van der Waals surface area contributed by atoms with Gasteiger partial charge < -0.3 is 5.73 Å². The molecule has 0 aliphatic carbocycles. The van der Waals surface area contributed by atoms with Crippen molar-refractivity contribution in [1.82, 2.24) is 14.8 Å². The Labute approximate surface area is 107 Å². The molecule has 0 aromatic carbocycles. The minimum Gasteiger partial charge on any atom is -0.365 e. The minimum atomic E-state index is -0.517. The zero-order valence-electron chi connectivity index (χ0n) is 9.44. The van der Waals surface area contributed by atoms with Crippen LogP contribution < -0.4 is 5.73 Å². The highest BCUT2D eigenvalue weighted by Crippen LogP contribution is 2.23. The van der Waals surface area contributed by atoms with E-state index in [1.807, 2.05) is 13.8 Å². The molecule has 0 bridgehead atoms. The van der Waals surface area contributed by atoms with E-state index in [0.29, 0.717) is 11.4 Å². The number of nitrogens with two attached hydrogens (primary N) is 1. The number of primary amides is 1. The summed E-state index contributed by atoms with van der Waals surface area (Å²) in [7, 11) is 0. The number of carbonyl (C=O) groups excluding carboxylic acids is 1.